The van der Waals surface area contributed by atoms with E-state index < -0.39 is 0 Å². The van der Waals surface area contributed by atoms with E-state index in [1.54, 1.807) is 30.3 Å². The lowest BCUT2D eigenvalue weighted by atomic mass is 9.98. The fourth-order valence-electron chi connectivity index (χ4n) is 3.08. The van der Waals surface area contributed by atoms with Gasteiger partial charge in [-0.05, 0) is 62.1 Å². The molecule has 4 heteroatoms. The summed E-state index contributed by atoms with van der Waals surface area (Å²) in [7, 11) is 0. The van der Waals surface area contributed by atoms with Crippen LogP contribution < -0.4 is 5.32 Å². The number of rotatable bonds is 3. The molecule has 130 valence electrons. The zero-order valence-corrected chi connectivity index (χ0v) is 14.8. The molecule has 0 spiro atoms. The molecule has 4 nitrogen and oxygen atoms in total. The molecule has 1 saturated heterocycles. The van der Waals surface area contributed by atoms with Crippen molar-refractivity contribution in [1.82, 2.24) is 4.90 Å². The van der Waals surface area contributed by atoms with Gasteiger partial charge in [0, 0.05) is 29.9 Å². The predicted molar refractivity (Wildman–Crippen MR) is 99.9 cm³/mol. The number of amides is 2. The average Bonchev–Trinajstić information content (AvgIpc) is 2.62. The SMILES string of the molecule is Cc1cccc(C(=O)Nc2ccc(C(=O)N3CCC(C)CC3)cc2)c1. The lowest BCUT2D eigenvalue weighted by Crippen LogP contribution is -2.37. The van der Waals surface area contributed by atoms with Gasteiger partial charge in [-0.2, -0.15) is 0 Å². The van der Waals surface area contributed by atoms with Crippen molar-refractivity contribution in [1.29, 1.82) is 0 Å². The molecule has 0 unspecified atom stereocenters. The molecule has 2 aromatic carbocycles. The van der Waals surface area contributed by atoms with E-state index >= 15 is 0 Å². The number of anilines is 1. The first kappa shape index (κ1) is 17.2. The Bertz CT molecular complexity index is 760. The number of aryl methyl sites for hydroxylation is 1. The number of hydrogen-bond acceptors (Lipinski definition) is 2. The number of piperidine rings is 1. The molecule has 0 bridgehead atoms. The molecule has 0 radical (unpaired) electrons. The van der Waals surface area contributed by atoms with E-state index in [-0.39, 0.29) is 11.8 Å². The van der Waals surface area contributed by atoms with Crippen LogP contribution in [-0.2, 0) is 0 Å². The number of hydrogen-bond donors (Lipinski definition) is 1. The minimum Gasteiger partial charge on any atom is -0.339 e. The second-order valence-corrected chi connectivity index (χ2v) is 6.88. The lowest BCUT2D eigenvalue weighted by Gasteiger charge is -2.30. The van der Waals surface area contributed by atoms with Gasteiger partial charge in [0.25, 0.3) is 11.8 Å². The second kappa shape index (κ2) is 7.51. The highest BCUT2D eigenvalue weighted by molar-refractivity contribution is 6.04. The number of carbonyl (C=O) groups excluding carboxylic acids is 2. The van der Waals surface area contributed by atoms with Gasteiger partial charge in [0.05, 0.1) is 0 Å². The smallest absolute Gasteiger partial charge is 0.255 e. The van der Waals surface area contributed by atoms with Gasteiger partial charge in [-0.25, -0.2) is 0 Å². The Morgan fingerprint density at radius 3 is 2.32 bits per heavy atom. The molecule has 25 heavy (non-hydrogen) atoms. The molecule has 1 fully saturated rings. The molecule has 3 rings (SSSR count). The first-order valence-corrected chi connectivity index (χ1v) is 8.80. The molecule has 1 heterocycles. The standard InChI is InChI=1S/C21H24N2O2/c1-15-10-12-23(13-11-15)21(25)17-6-8-19(9-7-17)22-20(24)18-5-3-4-16(2)14-18/h3-9,14-15H,10-13H2,1-2H3,(H,22,24). The molecule has 0 aromatic heterocycles. The summed E-state index contributed by atoms with van der Waals surface area (Å²) < 4.78 is 0. The van der Waals surface area contributed by atoms with E-state index in [0.717, 1.165) is 31.5 Å². The normalized spacial score (nSPS) is 15.0. The van der Waals surface area contributed by atoms with E-state index in [2.05, 4.69) is 12.2 Å². The Morgan fingerprint density at radius 2 is 1.68 bits per heavy atom. The maximum absolute atomic E-state index is 12.5. The van der Waals surface area contributed by atoms with Crippen LogP contribution in [-0.4, -0.2) is 29.8 Å². The van der Waals surface area contributed by atoms with Crippen molar-refractivity contribution in [3.63, 3.8) is 0 Å². The highest BCUT2D eigenvalue weighted by Gasteiger charge is 2.21. The van der Waals surface area contributed by atoms with Gasteiger partial charge in [-0.15, -0.1) is 0 Å². The average molecular weight is 336 g/mol. The third-order valence-corrected chi connectivity index (χ3v) is 4.74. The Balaban J connectivity index is 1.64. The van der Waals surface area contributed by atoms with Crippen LogP contribution in [0.1, 0.15) is 46.0 Å². The Labute approximate surface area is 148 Å². The summed E-state index contributed by atoms with van der Waals surface area (Å²) in [5.74, 6) is 0.625. The van der Waals surface area contributed by atoms with Crippen LogP contribution in [0.2, 0.25) is 0 Å². The van der Waals surface area contributed by atoms with E-state index in [4.69, 9.17) is 0 Å². The first-order chi connectivity index (χ1) is 12.0. The summed E-state index contributed by atoms with van der Waals surface area (Å²) in [5, 5.41) is 2.87. The van der Waals surface area contributed by atoms with Gasteiger partial charge in [0.1, 0.15) is 0 Å². The largest absolute Gasteiger partial charge is 0.339 e. The maximum atomic E-state index is 12.5. The summed E-state index contributed by atoms with van der Waals surface area (Å²) in [6.07, 6.45) is 2.13. The van der Waals surface area contributed by atoms with Gasteiger partial charge < -0.3 is 10.2 Å². The van der Waals surface area contributed by atoms with Gasteiger partial charge in [-0.3, -0.25) is 9.59 Å². The summed E-state index contributed by atoms with van der Waals surface area (Å²) in [5.41, 5.74) is 3.03. The van der Waals surface area contributed by atoms with Crippen molar-refractivity contribution in [2.45, 2.75) is 26.7 Å². The van der Waals surface area contributed by atoms with Crippen LogP contribution in [0.15, 0.2) is 48.5 Å². The third-order valence-electron chi connectivity index (χ3n) is 4.74. The molecule has 2 aromatic rings. The van der Waals surface area contributed by atoms with Crippen LogP contribution >= 0.6 is 0 Å². The Kier molecular flexibility index (Phi) is 5.17. The summed E-state index contributed by atoms with van der Waals surface area (Å²) in [6.45, 7) is 5.84. The first-order valence-electron chi connectivity index (χ1n) is 8.80. The molecule has 0 saturated carbocycles. The van der Waals surface area contributed by atoms with Crippen LogP contribution in [0, 0.1) is 12.8 Å². The summed E-state index contributed by atoms with van der Waals surface area (Å²) in [4.78, 5) is 26.7. The Hall–Kier alpha value is -2.62. The number of carbonyl (C=O) groups is 2. The molecule has 0 aliphatic carbocycles. The van der Waals surface area contributed by atoms with Gasteiger partial charge >= 0.3 is 0 Å². The maximum Gasteiger partial charge on any atom is 0.255 e. The highest BCUT2D eigenvalue weighted by Crippen LogP contribution is 2.19. The van der Waals surface area contributed by atoms with Crippen molar-refractivity contribution >= 4 is 17.5 Å². The topological polar surface area (TPSA) is 49.4 Å². The molecule has 2 amide bonds. The third kappa shape index (κ3) is 4.27. The second-order valence-electron chi connectivity index (χ2n) is 6.88. The van der Waals surface area contributed by atoms with E-state index in [9.17, 15) is 9.59 Å². The van der Waals surface area contributed by atoms with Crippen LogP contribution in [0.5, 0.6) is 0 Å². The van der Waals surface area contributed by atoms with Crippen LogP contribution in [0.25, 0.3) is 0 Å². The number of likely N-dealkylation sites (tertiary alicyclic amines) is 1. The minimum atomic E-state index is -0.146. The number of nitrogens with zero attached hydrogens (tertiary/aromatic N) is 1. The minimum absolute atomic E-state index is 0.0726. The molecule has 1 aliphatic heterocycles. The van der Waals surface area contributed by atoms with Crippen molar-refractivity contribution in [2.24, 2.45) is 5.92 Å². The zero-order chi connectivity index (χ0) is 17.8. The molecule has 0 atom stereocenters. The van der Waals surface area contributed by atoms with Gasteiger partial charge in [0.2, 0.25) is 0 Å². The van der Waals surface area contributed by atoms with Crippen LogP contribution in [0.3, 0.4) is 0 Å². The summed E-state index contributed by atoms with van der Waals surface area (Å²) >= 11 is 0. The lowest BCUT2D eigenvalue weighted by molar-refractivity contribution is 0.0697. The molecular weight excluding hydrogens is 312 g/mol. The summed E-state index contributed by atoms with van der Waals surface area (Å²) in [6, 6.07) is 14.6. The van der Waals surface area contributed by atoms with E-state index in [1.807, 2.05) is 30.0 Å². The fraction of sp³-hybridized carbons (Fsp3) is 0.333. The van der Waals surface area contributed by atoms with E-state index in [0.29, 0.717) is 22.7 Å². The van der Waals surface area contributed by atoms with Crippen molar-refractivity contribution in [3.05, 3.63) is 65.2 Å². The fourth-order valence-corrected chi connectivity index (χ4v) is 3.08. The zero-order valence-electron chi connectivity index (χ0n) is 14.8. The predicted octanol–water partition coefficient (Wildman–Crippen LogP) is 4.12. The van der Waals surface area contributed by atoms with E-state index in [1.165, 1.54) is 0 Å². The van der Waals surface area contributed by atoms with Gasteiger partial charge in [-0.1, -0.05) is 24.6 Å². The monoisotopic (exact) mass is 336 g/mol. The van der Waals surface area contributed by atoms with Crippen molar-refractivity contribution < 1.29 is 9.59 Å². The Morgan fingerprint density at radius 1 is 1.00 bits per heavy atom. The highest BCUT2D eigenvalue weighted by atomic mass is 16.2. The van der Waals surface area contributed by atoms with Crippen LogP contribution in [0.4, 0.5) is 5.69 Å². The molecule has 1 N–H and O–H groups in total. The number of benzene rings is 2. The quantitative estimate of drug-likeness (QED) is 0.916. The van der Waals surface area contributed by atoms with Gasteiger partial charge in [0.15, 0.2) is 0 Å². The number of nitrogens with one attached hydrogen (secondary N) is 1. The molecular formula is C21H24N2O2. The van der Waals surface area contributed by atoms with Crippen molar-refractivity contribution in [2.75, 3.05) is 18.4 Å². The molecule has 1 aliphatic rings. The van der Waals surface area contributed by atoms with Crippen molar-refractivity contribution in [3.8, 4) is 0 Å².